The third-order valence-corrected chi connectivity index (χ3v) is 5.93. The van der Waals surface area contributed by atoms with E-state index in [-0.39, 0.29) is 17.5 Å². The molecule has 34 heavy (non-hydrogen) atoms. The van der Waals surface area contributed by atoms with E-state index in [1.807, 2.05) is 61.2 Å². The lowest BCUT2D eigenvalue weighted by Gasteiger charge is -2.39. The summed E-state index contributed by atoms with van der Waals surface area (Å²) in [6.45, 7) is 6.61. The van der Waals surface area contributed by atoms with Crippen LogP contribution in [0.15, 0.2) is 72.4 Å². The van der Waals surface area contributed by atoms with Crippen molar-refractivity contribution >= 4 is 11.9 Å². The minimum Gasteiger partial charge on any atom is -0.480 e. The average Bonchev–Trinajstić information content (AvgIpc) is 2.84. The molecule has 0 radical (unpaired) electrons. The number of benzene rings is 2. The molecule has 1 fully saturated rings. The second-order valence-electron chi connectivity index (χ2n) is 8.94. The van der Waals surface area contributed by atoms with Gasteiger partial charge in [-0.1, -0.05) is 74.5 Å². The molecule has 1 aliphatic heterocycles. The molecule has 1 heterocycles. The predicted molar refractivity (Wildman–Crippen MR) is 131 cm³/mol. The Labute approximate surface area is 201 Å². The maximum atomic E-state index is 12.6. The third kappa shape index (κ3) is 6.69. The monoisotopic (exact) mass is 460 g/mol. The number of piperazine rings is 1. The summed E-state index contributed by atoms with van der Waals surface area (Å²) < 4.78 is 0. The second-order valence-corrected chi connectivity index (χ2v) is 8.94. The lowest BCUT2D eigenvalue weighted by atomic mass is 9.96. The Hall–Kier alpha value is -3.63. The first-order chi connectivity index (χ1) is 16.4. The molecule has 2 aromatic rings. The second kappa shape index (κ2) is 12.0. The molecule has 7 nitrogen and oxygen atoms in total. The van der Waals surface area contributed by atoms with Crippen LogP contribution in [0, 0.1) is 17.2 Å². The summed E-state index contributed by atoms with van der Waals surface area (Å²) in [6, 6.07) is 21.8. The highest BCUT2D eigenvalue weighted by molar-refractivity contribution is 5.99. The van der Waals surface area contributed by atoms with Gasteiger partial charge in [-0.2, -0.15) is 5.26 Å². The van der Waals surface area contributed by atoms with E-state index in [0.29, 0.717) is 19.5 Å². The highest BCUT2D eigenvalue weighted by Crippen LogP contribution is 2.29. The fourth-order valence-electron chi connectivity index (χ4n) is 4.26. The molecule has 0 saturated carbocycles. The topological polar surface area (TPSA) is 96.7 Å². The number of nitrogens with zero attached hydrogens (tertiary/aromatic N) is 3. The number of aliphatic carboxylic acids is 1. The van der Waals surface area contributed by atoms with Gasteiger partial charge in [0.25, 0.3) is 5.91 Å². The molecule has 0 aromatic heterocycles. The molecule has 1 aliphatic rings. The van der Waals surface area contributed by atoms with Crippen molar-refractivity contribution in [2.45, 2.75) is 32.4 Å². The molecular weight excluding hydrogens is 428 g/mol. The van der Waals surface area contributed by atoms with Gasteiger partial charge in [0.05, 0.1) is 6.04 Å². The maximum absolute atomic E-state index is 12.6. The lowest BCUT2D eigenvalue weighted by molar-refractivity contribution is -0.141. The molecule has 1 amide bonds. The zero-order chi connectivity index (χ0) is 24.5. The minimum absolute atomic E-state index is 0.0777. The van der Waals surface area contributed by atoms with E-state index in [4.69, 9.17) is 0 Å². The highest BCUT2D eigenvalue weighted by atomic mass is 16.4. The van der Waals surface area contributed by atoms with Crippen molar-refractivity contribution in [2.75, 3.05) is 26.2 Å². The Kier molecular flexibility index (Phi) is 8.83. The van der Waals surface area contributed by atoms with Crippen molar-refractivity contribution in [1.82, 2.24) is 15.1 Å². The normalized spacial score (nSPS) is 15.7. The van der Waals surface area contributed by atoms with Gasteiger partial charge in [-0.25, -0.2) is 4.79 Å². The van der Waals surface area contributed by atoms with Crippen molar-refractivity contribution in [2.24, 2.45) is 5.92 Å². The van der Waals surface area contributed by atoms with Gasteiger partial charge in [0.1, 0.15) is 17.7 Å². The molecule has 3 rings (SSSR count). The standard InChI is InChI=1S/C27H32N4O3/c1-20(2)17-24(27(33)34)29-26(32)23(18-28)19-30-13-15-31(16-14-30)25(21-9-5-3-6-10-21)22-11-7-4-8-12-22/h3-12,19-20,24-25H,13-17H2,1-2H3,(H,29,32)(H,33,34)/b23-19-. The van der Waals surface area contributed by atoms with Crippen LogP contribution in [0.5, 0.6) is 0 Å². The Bertz CT molecular complexity index is 983. The number of rotatable bonds is 9. The molecule has 0 bridgehead atoms. The first-order valence-corrected chi connectivity index (χ1v) is 11.6. The number of carbonyl (C=O) groups excluding carboxylic acids is 1. The largest absolute Gasteiger partial charge is 0.480 e. The van der Waals surface area contributed by atoms with Gasteiger partial charge in [-0.15, -0.1) is 0 Å². The van der Waals surface area contributed by atoms with Crippen LogP contribution in [0.4, 0.5) is 0 Å². The van der Waals surface area contributed by atoms with Crippen LogP contribution in [0.25, 0.3) is 0 Å². The van der Waals surface area contributed by atoms with Gasteiger partial charge in [-0.3, -0.25) is 9.69 Å². The summed E-state index contributed by atoms with van der Waals surface area (Å²) >= 11 is 0. The van der Waals surface area contributed by atoms with Crippen LogP contribution in [0.1, 0.15) is 37.4 Å². The molecule has 7 heteroatoms. The van der Waals surface area contributed by atoms with Gasteiger partial charge >= 0.3 is 5.97 Å². The minimum atomic E-state index is -1.10. The summed E-state index contributed by atoms with van der Waals surface area (Å²) in [5.74, 6) is -1.64. The van der Waals surface area contributed by atoms with Crippen molar-refractivity contribution in [3.63, 3.8) is 0 Å². The fourth-order valence-corrected chi connectivity index (χ4v) is 4.26. The first kappa shape index (κ1) is 25.0. The molecule has 2 aromatic carbocycles. The molecular formula is C27H32N4O3. The number of carboxylic acids is 1. The van der Waals surface area contributed by atoms with E-state index in [2.05, 4.69) is 34.5 Å². The number of amides is 1. The summed E-state index contributed by atoms with van der Waals surface area (Å²) in [5.41, 5.74) is 2.37. The van der Waals surface area contributed by atoms with Crippen molar-refractivity contribution in [1.29, 1.82) is 5.26 Å². The zero-order valence-corrected chi connectivity index (χ0v) is 19.7. The lowest BCUT2D eigenvalue weighted by Crippen LogP contribution is -2.46. The van der Waals surface area contributed by atoms with Crippen LogP contribution in [0.2, 0.25) is 0 Å². The van der Waals surface area contributed by atoms with Crippen molar-refractivity contribution < 1.29 is 14.7 Å². The first-order valence-electron chi connectivity index (χ1n) is 11.6. The average molecular weight is 461 g/mol. The van der Waals surface area contributed by atoms with Gasteiger partial charge in [0.2, 0.25) is 0 Å². The Morgan fingerprint density at radius 3 is 1.97 bits per heavy atom. The van der Waals surface area contributed by atoms with Crippen LogP contribution in [-0.4, -0.2) is 59.0 Å². The molecule has 1 unspecified atom stereocenters. The Morgan fingerprint density at radius 2 is 1.53 bits per heavy atom. The van der Waals surface area contributed by atoms with Crippen LogP contribution in [0.3, 0.4) is 0 Å². The SMILES string of the molecule is CC(C)CC(NC(=O)/C(C#N)=C\N1CCN(C(c2ccccc2)c2ccccc2)CC1)C(=O)O. The van der Waals surface area contributed by atoms with E-state index >= 15 is 0 Å². The van der Waals surface area contributed by atoms with Crippen molar-refractivity contribution in [3.8, 4) is 6.07 Å². The van der Waals surface area contributed by atoms with Crippen LogP contribution < -0.4 is 5.32 Å². The number of carbonyl (C=O) groups is 2. The maximum Gasteiger partial charge on any atom is 0.326 e. The number of hydrogen-bond acceptors (Lipinski definition) is 5. The molecule has 178 valence electrons. The van der Waals surface area contributed by atoms with Gasteiger partial charge < -0.3 is 15.3 Å². The Balaban J connectivity index is 1.69. The van der Waals surface area contributed by atoms with E-state index in [9.17, 15) is 20.0 Å². The van der Waals surface area contributed by atoms with Gasteiger partial charge in [-0.05, 0) is 23.5 Å². The van der Waals surface area contributed by atoms with E-state index < -0.39 is 17.9 Å². The van der Waals surface area contributed by atoms with E-state index in [1.54, 1.807) is 6.20 Å². The zero-order valence-electron chi connectivity index (χ0n) is 19.7. The molecule has 1 saturated heterocycles. The summed E-state index contributed by atoms with van der Waals surface area (Å²) in [5, 5.41) is 21.4. The van der Waals surface area contributed by atoms with E-state index in [0.717, 1.165) is 13.1 Å². The Morgan fingerprint density at radius 1 is 1.00 bits per heavy atom. The van der Waals surface area contributed by atoms with Crippen LogP contribution in [-0.2, 0) is 9.59 Å². The van der Waals surface area contributed by atoms with Crippen molar-refractivity contribution in [3.05, 3.63) is 83.6 Å². The number of nitrogens with one attached hydrogen (secondary N) is 1. The summed E-state index contributed by atoms with van der Waals surface area (Å²) in [6.07, 6.45) is 1.86. The molecule has 2 N–H and O–H groups in total. The third-order valence-electron chi connectivity index (χ3n) is 5.93. The molecule has 1 atom stereocenters. The fraction of sp³-hybridized carbons (Fsp3) is 0.370. The molecule has 0 aliphatic carbocycles. The molecule has 0 spiro atoms. The summed E-state index contributed by atoms with van der Waals surface area (Å²) in [4.78, 5) is 28.4. The summed E-state index contributed by atoms with van der Waals surface area (Å²) in [7, 11) is 0. The van der Waals surface area contributed by atoms with E-state index in [1.165, 1.54) is 11.1 Å². The number of nitriles is 1. The van der Waals surface area contributed by atoms with Crippen LogP contribution >= 0.6 is 0 Å². The van der Waals surface area contributed by atoms with Gasteiger partial charge in [0.15, 0.2) is 0 Å². The van der Waals surface area contributed by atoms with Gasteiger partial charge in [0, 0.05) is 32.4 Å². The number of carboxylic acid groups (broad SMARTS) is 1. The highest BCUT2D eigenvalue weighted by Gasteiger charge is 2.27. The predicted octanol–water partition coefficient (Wildman–Crippen LogP) is 3.42. The number of hydrogen-bond donors (Lipinski definition) is 2. The smallest absolute Gasteiger partial charge is 0.326 e. The quantitative estimate of drug-likeness (QED) is 0.440.